The Hall–Kier alpha value is -1.09. The van der Waals surface area contributed by atoms with Crippen LogP contribution in [0.2, 0.25) is 0 Å². The first-order valence-electron chi connectivity index (χ1n) is 4.76. The van der Waals surface area contributed by atoms with Gasteiger partial charge in [0.25, 0.3) is 0 Å². The Morgan fingerprint density at radius 1 is 1.36 bits per heavy atom. The smallest absolute Gasteiger partial charge is 0.212 e. The fourth-order valence-electron chi connectivity index (χ4n) is 1.27. The predicted octanol–water partition coefficient (Wildman–Crippen LogP) is 2.23. The molecule has 0 N–H and O–H groups in total. The van der Waals surface area contributed by atoms with E-state index in [-0.39, 0.29) is 0 Å². The maximum atomic E-state index is 5.03. The minimum Gasteiger partial charge on any atom is -0.481 e. The number of aromatic nitrogens is 1. The van der Waals surface area contributed by atoms with Crippen molar-refractivity contribution in [2.45, 2.75) is 19.3 Å². The monoisotopic (exact) mass is 195 g/mol. The molecule has 14 heavy (non-hydrogen) atoms. The van der Waals surface area contributed by atoms with Crippen LogP contribution in [0.3, 0.4) is 0 Å². The third-order valence-corrected chi connectivity index (χ3v) is 2.29. The van der Waals surface area contributed by atoms with Crippen molar-refractivity contribution >= 4 is 0 Å². The number of hydrogen-bond donors (Lipinski definition) is 0. The highest BCUT2D eigenvalue weighted by Gasteiger charge is 2.05. The van der Waals surface area contributed by atoms with Crippen LogP contribution in [-0.2, 0) is 4.74 Å². The Bertz CT molecular complexity index is 258. The molecule has 0 aliphatic rings. The second kappa shape index (κ2) is 5.60. The van der Waals surface area contributed by atoms with E-state index >= 15 is 0 Å². The lowest BCUT2D eigenvalue weighted by molar-refractivity contribution is 0.189. The van der Waals surface area contributed by atoms with Gasteiger partial charge in [0.1, 0.15) is 0 Å². The number of methoxy groups -OCH3 is 2. The normalized spacial score (nSPS) is 12.5. The zero-order valence-corrected chi connectivity index (χ0v) is 8.99. The SMILES string of the molecule is COCCC(C)c1ccc(OC)nc1. The first-order valence-corrected chi connectivity index (χ1v) is 4.76. The summed E-state index contributed by atoms with van der Waals surface area (Å²) >= 11 is 0. The summed E-state index contributed by atoms with van der Waals surface area (Å²) in [7, 11) is 3.34. The molecule has 0 aliphatic carbocycles. The van der Waals surface area contributed by atoms with Gasteiger partial charge in [-0.3, -0.25) is 0 Å². The van der Waals surface area contributed by atoms with Gasteiger partial charge >= 0.3 is 0 Å². The van der Waals surface area contributed by atoms with E-state index in [1.807, 2.05) is 18.3 Å². The Kier molecular flexibility index (Phi) is 4.40. The molecule has 0 radical (unpaired) electrons. The molecule has 1 atom stereocenters. The summed E-state index contributed by atoms with van der Waals surface area (Å²) in [5.41, 5.74) is 1.22. The summed E-state index contributed by atoms with van der Waals surface area (Å²) in [6, 6.07) is 3.94. The molecule has 1 rings (SSSR count). The zero-order chi connectivity index (χ0) is 10.4. The lowest BCUT2D eigenvalue weighted by Crippen LogP contribution is -1.99. The second-order valence-corrected chi connectivity index (χ2v) is 3.32. The molecule has 0 saturated carbocycles. The molecule has 1 aromatic heterocycles. The molecular formula is C11H17NO2. The second-order valence-electron chi connectivity index (χ2n) is 3.32. The summed E-state index contributed by atoms with van der Waals surface area (Å²) in [5.74, 6) is 1.14. The molecule has 0 aliphatic heterocycles. The van der Waals surface area contributed by atoms with Gasteiger partial charge in [-0.25, -0.2) is 4.98 Å². The van der Waals surface area contributed by atoms with Crippen LogP contribution in [0.4, 0.5) is 0 Å². The maximum absolute atomic E-state index is 5.03. The highest BCUT2D eigenvalue weighted by molar-refractivity contribution is 5.20. The van der Waals surface area contributed by atoms with Crippen molar-refractivity contribution in [2.24, 2.45) is 0 Å². The van der Waals surface area contributed by atoms with E-state index in [1.165, 1.54) is 5.56 Å². The molecule has 3 nitrogen and oxygen atoms in total. The quantitative estimate of drug-likeness (QED) is 0.722. The van der Waals surface area contributed by atoms with Crippen molar-refractivity contribution < 1.29 is 9.47 Å². The molecule has 0 saturated heterocycles. The van der Waals surface area contributed by atoms with Crippen molar-refractivity contribution in [3.05, 3.63) is 23.9 Å². The number of hydrogen-bond acceptors (Lipinski definition) is 3. The molecule has 1 unspecified atom stereocenters. The van der Waals surface area contributed by atoms with Crippen molar-refractivity contribution in [2.75, 3.05) is 20.8 Å². The van der Waals surface area contributed by atoms with Crippen LogP contribution in [0.15, 0.2) is 18.3 Å². The van der Waals surface area contributed by atoms with Crippen molar-refractivity contribution in [3.8, 4) is 5.88 Å². The largest absolute Gasteiger partial charge is 0.481 e. The molecule has 0 aromatic carbocycles. The fraction of sp³-hybridized carbons (Fsp3) is 0.545. The van der Waals surface area contributed by atoms with Crippen LogP contribution < -0.4 is 4.74 Å². The van der Waals surface area contributed by atoms with Gasteiger partial charge in [-0.15, -0.1) is 0 Å². The summed E-state index contributed by atoms with van der Waals surface area (Å²) in [5, 5.41) is 0. The van der Waals surface area contributed by atoms with Gasteiger partial charge in [0.05, 0.1) is 7.11 Å². The summed E-state index contributed by atoms with van der Waals surface area (Å²) in [6.07, 6.45) is 2.88. The van der Waals surface area contributed by atoms with Gasteiger partial charge in [-0.1, -0.05) is 13.0 Å². The maximum Gasteiger partial charge on any atom is 0.212 e. The predicted molar refractivity (Wildman–Crippen MR) is 55.7 cm³/mol. The molecule has 0 bridgehead atoms. The lowest BCUT2D eigenvalue weighted by atomic mass is 10.0. The van der Waals surface area contributed by atoms with Crippen LogP contribution in [0, 0.1) is 0 Å². The molecule has 78 valence electrons. The third-order valence-electron chi connectivity index (χ3n) is 2.29. The van der Waals surface area contributed by atoms with Crippen molar-refractivity contribution in [1.82, 2.24) is 4.98 Å². The van der Waals surface area contributed by atoms with Gasteiger partial charge in [0.15, 0.2) is 0 Å². The minimum absolute atomic E-state index is 0.480. The third kappa shape index (κ3) is 3.00. The standard InChI is InChI=1S/C11H17NO2/c1-9(6-7-13-2)10-4-5-11(14-3)12-8-10/h4-5,8-9H,6-7H2,1-3H3. The van der Waals surface area contributed by atoms with Gasteiger partial charge in [-0.2, -0.15) is 0 Å². The van der Waals surface area contributed by atoms with E-state index < -0.39 is 0 Å². The number of ether oxygens (including phenoxy) is 2. The van der Waals surface area contributed by atoms with Gasteiger partial charge in [-0.05, 0) is 17.9 Å². The van der Waals surface area contributed by atoms with E-state index in [4.69, 9.17) is 9.47 Å². The van der Waals surface area contributed by atoms with Crippen LogP contribution in [0.1, 0.15) is 24.8 Å². The van der Waals surface area contributed by atoms with Gasteiger partial charge in [0.2, 0.25) is 5.88 Å². The minimum atomic E-state index is 0.480. The molecule has 1 aromatic rings. The molecule has 0 spiro atoms. The van der Waals surface area contributed by atoms with Crippen LogP contribution in [0.5, 0.6) is 5.88 Å². The summed E-state index contributed by atoms with van der Waals surface area (Å²) < 4.78 is 10.0. The lowest BCUT2D eigenvalue weighted by Gasteiger charge is -2.10. The first kappa shape index (κ1) is 11.0. The Morgan fingerprint density at radius 3 is 2.64 bits per heavy atom. The first-order chi connectivity index (χ1) is 6.77. The Balaban J connectivity index is 2.57. The van der Waals surface area contributed by atoms with E-state index in [1.54, 1.807) is 14.2 Å². The summed E-state index contributed by atoms with van der Waals surface area (Å²) in [6.45, 7) is 2.95. The van der Waals surface area contributed by atoms with E-state index in [0.29, 0.717) is 11.8 Å². The van der Waals surface area contributed by atoms with Crippen LogP contribution >= 0.6 is 0 Å². The zero-order valence-electron chi connectivity index (χ0n) is 8.99. The molecular weight excluding hydrogens is 178 g/mol. The van der Waals surface area contributed by atoms with Gasteiger partial charge < -0.3 is 9.47 Å². The Morgan fingerprint density at radius 2 is 2.14 bits per heavy atom. The highest BCUT2D eigenvalue weighted by atomic mass is 16.5. The Labute approximate surface area is 85.1 Å². The summed E-state index contributed by atoms with van der Waals surface area (Å²) in [4.78, 5) is 4.16. The van der Waals surface area contributed by atoms with E-state index in [2.05, 4.69) is 11.9 Å². The molecule has 0 amide bonds. The van der Waals surface area contributed by atoms with Crippen LogP contribution in [0.25, 0.3) is 0 Å². The molecule has 0 fully saturated rings. The average molecular weight is 195 g/mol. The number of pyridine rings is 1. The van der Waals surface area contributed by atoms with Crippen LogP contribution in [-0.4, -0.2) is 25.8 Å². The number of rotatable bonds is 5. The van der Waals surface area contributed by atoms with E-state index in [0.717, 1.165) is 13.0 Å². The topological polar surface area (TPSA) is 31.4 Å². The number of nitrogens with zero attached hydrogens (tertiary/aromatic N) is 1. The fourth-order valence-corrected chi connectivity index (χ4v) is 1.27. The van der Waals surface area contributed by atoms with Crippen molar-refractivity contribution in [1.29, 1.82) is 0 Å². The average Bonchev–Trinajstić information content (AvgIpc) is 2.26. The highest BCUT2D eigenvalue weighted by Crippen LogP contribution is 2.19. The van der Waals surface area contributed by atoms with Gasteiger partial charge in [0, 0.05) is 26.0 Å². The molecule has 3 heteroatoms. The van der Waals surface area contributed by atoms with Crippen molar-refractivity contribution in [3.63, 3.8) is 0 Å². The van der Waals surface area contributed by atoms with E-state index in [9.17, 15) is 0 Å². The molecule has 1 heterocycles.